The summed E-state index contributed by atoms with van der Waals surface area (Å²) < 4.78 is 0. The Bertz CT molecular complexity index is 482. The number of hydrogen-bond donors (Lipinski definition) is 1. The van der Waals surface area contributed by atoms with E-state index in [0.717, 1.165) is 18.1 Å². The van der Waals surface area contributed by atoms with Crippen molar-refractivity contribution in [3.63, 3.8) is 0 Å². The van der Waals surface area contributed by atoms with Gasteiger partial charge in [-0.3, -0.25) is 0 Å². The van der Waals surface area contributed by atoms with Crippen molar-refractivity contribution in [3.8, 4) is 0 Å². The van der Waals surface area contributed by atoms with Crippen LogP contribution in [0.25, 0.3) is 0 Å². The first kappa shape index (κ1) is 12.3. The highest BCUT2D eigenvalue weighted by Crippen LogP contribution is 2.12. The molecular formula is C14H18N2S. The van der Waals surface area contributed by atoms with Gasteiger partial charge in [-0.1, -0.05) is 29.3 Å². The van der Waals surface area contributed by atoms with E-state index < -0.39 is 0 Å². The quantitative estimate of drug-likeness (QED) is 0.894. The largest absolute Gasteiger partial charge is 0.308 e. The zero-order valence-corrected chi connectivity index (χ0v) is 11.4. The molecule has 1 N–H and O–H groups in total. The smallest absolute Gasteiger partial charge is 0.0897 e. The number of hydrogen-bond acceptors (Lipinski definition) is 3. The minimum atomic E-state index is 0.901. The Morgan fingerprint density at radius 3 is 2.35 bits per heavy atom. The lowest BCUT2D eigenvalue weighted by Crippen LogP contribution is -2.11. The molecule has 0 atom stereocenters. The zero-order chi connectivity index (χ0) is 12.3. The normalized spacial score (nSPS) is 10.8. The molecule has 0 fully saturated rings. The van der Waals surface area contributed by atoms with Crippen LogP contribution in [0.15, 0.2) is 24.4 Å². The van der Waals surface area contributed by atoms with E-state index in [9.17, 15) is 0 Å². The molecular weight excluding hydrogens is 228 g/mol. The monoisotopic (exact) mass is 246 g/mol. The summed E-state index contributed by atoms with van der Waals surface area (Å²) in [4.78, 5) is 5.55. The van der Waals surface area contributed by atoms with Crippen LogP contribution in [0.3, 0.4) is 0 Å². The molecule has 0 unspecified atom stereocenters. The summed E-state index contributed by atoms with van der Waals surface area (Å²) in [5.74, 6) is 0. The second-order valence-electron chi connectivity index (χ2n) is 4.45. The molecule has 90 valence electrons. The van der Waals surface area contributed by atoms with Gasteiger partial charge in [-0.2, -0.15) is 0 Å². The van der Waals surface area contributed by atoms with Gasteiger partial charge in [0.2, 0.25) is 0 Å². The van der Waals surface area contributed by atoms with Gasteiger partial charge in [0.25, 0.3) is 0 Å². The van der Waals surface area contributed by atoms with Gasteiger partial charge in [-0.25, -0.2) is 4.98 Å². The first-order valence-electron chi connectivity index (χ1n) is 5.82. The van der Waals surface area contributed by atoms with Crippen LogP contribution in [0.5, 0.6) is 0 Å². The second-order valence-corrected chi connectivity index (χ2v) is 5.76. The van der Waals surface area contributed by atoms with Crippen molar-refractivity contribution in [2.75, 3.05) is 0 Å². The SMILES string of the molecule is Cc1cc(C)cc(CNCc2cnc(C)s2)c1. The molecule has 0 aliphatic carbocycles. The van der Waals surface area contributed by atoms with E-state index in [1.807, 2.05) is 13.1 Å². The highest BCUT2D eigenvalue weighted by Gasteiger charge is 1.99. The number of thiazole rings is 1. The molecule has 0 saturated carbocycles. The fraction of sp³-hybridized carbons (Fsp3) is 0.357. The van der Waals surface area contributed by atoms with Crippen molar-refractivity contribution >= 4 is 11.3 Å². The van der Waals surface area contributed by atoms with Gasteiger partial charge in [0.1, 0.15) is 0 Å². The second kappa shape index (κ2) is 5.43. The summed E-state index contributed by atoms with van der Waals surface area (Å²) in [5, 5.41) is 4.59. The van der Waals surface area contributed by atoms with E-state index in [1.54, 1.807) is 11.3 Å². The molecule has 2 aromatic rings. The van der Waals surface area contributed by atoms with Crippen LogP contribution in [0.1, 0.15) is 26.6 Å². The molecule has 17 heavy (non-hydrogen) atoms. The molecule has 0 spiro atoms. The summed E-state index contributed by atoms with van der Waals surface area (Å²) >= 11 is 1.76. The number of aromatic nitrogens is 1. The zero-order valence-electron chi connectivity index (χ0n) is 10.6. The molecule has 2 rings (SSSR count). The van der Waals surface area contributed by atoms with Gasteiger partial charge in [-0.15, -0.1) is 11.3 Å². The lowest BCUT2D eigenvalue weighted by atomic mass is 10.1. The molecule has 0 saturated heterocycles. The molecule has 0 aliphatic heterocycles. The molecule has 1 aromatic carbocycles. The van der Waals surface area contributed by atoms with Crippen LogP contribution in [0.4, 0.5) is 0 Å². The molecule has 0 amide bonds. The summed E-state index contributed by atoms with van der Waals surface area (Å²) in [6.45, 7) is 8.14. The maximum atomic E-state index is 4.25. The molecule has 0 radical (unpaired) electrons. The van der Waals surface area contributed by atoms with Crippen molar-refractivity contribution < 1.29 is 0 Å². The van der Waals surface area contributed by atoms with E-state index >= 15 is 0 Å². The Hall–Kier alpha value is -1.19. The van der Waals surface area contributed by atoms with Gasteiger partial charge in [0.15, 0.2) is 0 Å². The topological polar surface area (TPSA) is 24.9 Å². The minimum Gasteiger partial charge on any atom is -0.308 e. The lowest BCUT2D eigenvalue weighted by Gasteiger charge is -2.06. The Morgan fingerprint density at radius 1 is 1.06 bits per heavy atom. The van der Waals surface area contributed by atoms with E-state index in [-0.39, 0.29) is 0 Å². The van der Waals surface area contributed by atoms with Crippen LogP contribution < -0.4 is 5.32 Å². The van der Waals surface area contributed by atoms with E-state index in [1.165, 1.54) is 21.6 Å². The Kier molecular flexibility index (Phi) is 3.92. The number of rotatable bonds is 4. The highest BCUT2D eigenvalue weighted by atomic mass is 32.1. The van der Waals surface area contributed by atoms with Crippen LogP contribution in [0.2, 0.25) is 0 Å². The molecule has 1 aromatic heterocycles. The summed E-state index contributed by atoms with van der Waals surface area (Å²) in [5.41, 5.74) is 4.01. The summed E-state index contributed by atoms with van der Waals surface area (Å²) in [7, 11) is 0. The molecule has 0 aliphatic rings. The lowest BCUT2D eigenvalue weighted by molar-refractivity contribution is 0.699. The molecule has 3 heteroatoms. The molecule has 1 heterocycles. The third-order valence-corrected chi connectivity index (χ3v) is 3.49. The van der Waals surface area contributed by atoms with Crippen LogP contribution in [0, 0.1) is 20.8 Å². The predicted octanol–water partition coefficient (Wildman–Crippen LogP) is 3.36. The predicted molar refractivity (Wildman–Crippen MR) is 73.3 cm³/mol. The van der Waals surface area contributed by atoms with Crippen molar-refractivity contribution in [2.24, 2.45) is 0 Å². The Balaban J connectivity index is 1.89. The number of aryl methyl sites for hydroxylation is 3. The maximum absolute atomic E-state index is 4.25. The summed E-state index contributed by atoms with van der Waals surface area (Å²) in [6, 6.07) is 6.67. The third kappa shape index (κ3) is 3.65. The van der Waals surface area contributed by atoms with Gasteiger partial charge in [-0.05, 0) is 26.3 Å². The standard InChI is InChI=1S/C14H18N2S/c1-10-4-11(2)6-13(5-10)7-15-8-14-9-16-12(3)17-14/h4-6,9,15H,7-8H2,1-3H3. The fourth-order valence-corrected chi connectivity index (χ4v) is 2.75. The van der Waals surface area contributed by atoms with Crippen molar-refractivity contribution in [3.05, 3.63) is 51.0 Å². The summed E-state index contributed by atoms with van der Waals surface area (Å²) in [6.07, 6.45) is 1.95. The van der Waals surface area contributed by atoms with E-state index in [4.69, 9.17) is 0 Å². The van der Waals surface area contributed by atoms with Gasteiger partial charge in [0, 0.05) is 24.2 Å². The van der Waals surface area contributed by atoms with Crippen molar-refractivity contribution in [1.82, 2.24) is 10.3 Å². The van der Waals surface area contributed by atoms with Crippen molar-refractivity contribution in [2.45, 2.75) is 33.9 Å². The average molecular weight is 246 g/mol. The van der Waals surface area contributed by atoms with Crippen LogP contribution in [-0.2, 0) is 13.1 Å². The number of nitrogens with one attached hydrogen (secondary N) is 1. The highest BCUT2D eigenvalue weighted by molar-refractivity contribution is 7.11. The van der Waals surface area contributed by atoms with E-state index in [2.05, 4.69) is 42.3 Å². The first-order valence-corrected chi connectivity index (χ1v) is 6.64. The number of nitrogens with zero attached hydrogens (tertiary/aromatic N) is 1. The maximum Gasteiger partial charge on any atom is 0.0897 e. The molecule has 0 bridgehead atoms. The van der Waals surface area contributed by atoms with Gasteiger partial charge < -0.3 is 5.32 Å². The van der Waals surface area contributed by atoms with Crippen molar-refractivity contribution in [1.29, 1.82) is 0 Å². The third-order valence-electron chi connectivity index (χ3n) is 2.58. The first-order chi connectivity index (χ1) is 8.13. The van der Waals surface area contributed by atoms with Crippen LogP contribution >= 0.6 is 11.3 Å². The Labute approximate surface area is 107 Å². The minimum absolute atomic E-state index is 0.901. The van der Waals surface area contributed by atoms with Gasteiger partial charge in [0.05, 0.1) is 5.01 Å². The van der Waals surface area contributed by atoms with E-state index in [0.29, 0.717) is 0 Å². The Morgan fingerprint density at radius 2 is 1.76 bits per heavy atom. The van der Waals surface area contributed by atoms with Crippen LogP contribution in [-0.4, -0.2) is 4.98 Å². The molecule has 2 nitrogen and oxygen atoms in total. The van der Waals surface area contributed by atoms with Gasteiger partial charge >= 0.3 is 0 Å². The average Bonchev–Trinajstić information content (AvgIpc) is 2.63. The fourth-order valence-electron chi connectivity index (χ4n) is 1.99. The number of benzene rings is 1.